The van der Waals surface area contributed by atoms with Crippen LogP contribution in [-0.2, 0) is 5.75 Å². The number of carbonyl (C=O) groups excluding carboxylic acids is 2. The van der Waals surface area contributed by atoms with Gasteiger partial charge in [0.1, 0.15) is 5.76 Å². The molecule has 0 amide bonds. The third-order valence-electron chi connectivity index (χ3n) is 3.46. The molecule has 2 aromatic heterocycles. The van der Waals surface area contributed by atoms with E-state index in [4.69, 9.17) is 4.42 Å². The van der Waals surface area contributed by atoms with Crippen molar-refractivity contribution < 1.29 is 14.0 Å². The van der Waals surface area contributed by atoms with Crippen molar-refractivity contribution in [3.8, 4) is 0 Å². The summed E-state index contributed by atoms with van der Waals surface area (Å²) >= 11 is 1.52. The fourth-order valence-electron chi connectivity index (χ4n) is 2.41. The first-order valence-electron chi connectivity index (χ1n) is 6.80. The van der Waals surface area contributed by atoms with E-state index in [2.05, 4.69) is 4.98 Å². The van der Waals surface area contributed by atoms with Crippen molar-refractivity contribution >= 4 is 23.3 Å². The molecule has 5 heteroatoms. The third kappa shape index (κ3) is 3.29. The highest BCUT2D eigenvalue weighted by Gasteiger charge is 2.23. The second-order valence-corrected chi connectivity index (χ2v) is 6.41. The molecule has 0 radical (unpaired) electrons. The van der Waals surface area contributed by atoms with Gasteiger partial charge in [0.05, 0.1) is 23.0 Å². The number of rotatable bonds is 6. The van der Waals surface area contributed by atoms with E-state index in [1.165, 1.54) is 18.7 Å². The quantitative estimate of drug-likeness (QED) is 0.821. The second kappa shape index (κ2) is 6.35. The van der Waals surface area contributed by atoms with Crippen LogP contribution in [0.2, 0.25) is 0 Å². The van der Waals surface area contributed by atoms with Crippen LogP contribution in [0.3, 0.4) is 0 Å². The lowest BCUT2D eigenvalue weighted by molar-refractivity contribution is 0.0988. The maximum Gasteiger partial charge on any atom is 0.191 e. The Morgan fingerprint density at radius 1 is 1.38 bits per heavy atom. The molecule has 0 fully saturated rings. The molecule has 0 unspecified atom stereocenters. The van der Waals surface area contributed by atoms with E-state index in [9.17, 15) is 9.59 Å². The zero-order chi connectivity index (χ0) is 15.6. The molecule has 0 spiro atoms. The van der Waals surface area contributed by atoms with Gasteiger partial charge in [-0.1, -0.05) is 0 Å². The standard InChI is InChI=1S/C16H19NO3S/c1-9-14(11(3)18)10(2)17-15(9)16(19)12(4)21-8-13-6-5-7-20-13/h5-7,12,17H,8H2,1-4H3/t12-/m1/s1. The van der Waals surface area contributed by atoms with Crippen LogP contribution in [0.15, 0.2) is 22.8 Å². The van der Waals surface area contributed by atoms with Gasteiger partial charge in [-0.2, -0.15) is 0 Å². The van der Waals surface area contributed by atoms with E-state index < -0.39 is 0 Å². The zero-order valence-electron chi connectivity index (χ0n) is 12.6. The third-order valence-corrected chi connectivity index (χ3v) is 4.63. The molecule has 2 rings (SSSR count). The first-order valence-corrected chi connectivity index (χ1v) is 7.85. The number of carbonyl (C=O) groups is 2. The number of Topliss-reactive ketones (excluding diaryl/α,β-unsaturated/α-hetero) is 2. The van der Waals surface area contributed by atoms with E-state index in [-0.39, 0.29) is 16.8 Å². The van der Waals surface area contributed by atoms with Crippen molar-refractivity contribution in [2.75, 3.05) is 0 Å². The van der Waals surface area contributed by atoms with Crippen LogP contribution >= 0.6 is 11.8 Å². The van der Waals surface area contributed by atoms with Crippen LogP contribution in [0.5, 0.6) is 0 Å². The first-order chi connectivity index (χ1) is 9.91. The number of furan rings is 1. The number of thioether (sulfide) groups is 1. The Balaban J connectivity index is 2.12. The minimum Gasteiger partial charge on any atom is -0.468 e. The lowest BCUT2D eigenvalue weighted by Crippen LogP contribution is -2.15. The molecule has 1 N–H and O–H groups in total. The fraction of sp³-hybridized carbons (Fsp3) is 0.375. The van der Waals surface area contributed by atoms with E-state index in [0.717, 1.165) is 17.0 Å². The van der Waals surface area contributed by atoms with Gasteiger partial charge in [0.2, 0.25) is 0 Å². The van der Waals surface area contributed by atoms with Crippen LogP contribution in [-0.4, -0.2) is 21.8 Å². The first kappa shape index (κ1) is 15.6. The van der Waals surface area contributed by atoms with Gasteiger partial charge in [-0.3, -0.25) is 9.59 Å². The number of aromatic nitrogens is 1. The predicted octanol–water partition coefficient (Wildman–Crippen LogP) is 3.93. The van der Waals surface area contributed by atoms with Crippen LogP contribution in [0.1, 0.15) is 51.7 Å². The van der Waals surface area contributed by atoms with E-state index >= 15 is 0 Å². The molecule has 0 aliphatic heterocycles. The summed E-state index contributed by atoms with van der Waals surface area (Å²) in [6.07, 6.45) is 1.62. The van der Waals surface area contributed by atoms with Gasteiger partial charge in [-0.15, -0.1) is 11.8 Å². The highest BCUT2D eigenvalue weighted by atomic mass is 32.2. The lowest BCUT2D eigenvalue weighted by atomic mass is 10.0. The summed E-state index contributed by atoms with van der Waals surface area (Å²) in [7, 11) is 0. The maximum absolute atomic E-state index is 12.5. The summed E-state index contributed by atoms with van der Waals surface area (Å²) in [5, 5.41) is -0.202. The molecule has 2 aromatic rings. The van der Waals surface area contributed by atoms with Gasteiger partial charge in [0, 0.05) is 11.3 Å². The van der Waals surface area contributed by atoms with Crippen molar-refractivity contribution in [2.45, 2.75) is 38.7 Å². The fourth-order valence-corrected chi connectivity index (χ4v) is 3.25. The van der Waals surface area contributed by atoms with Gasteiger partial charge in [-0.05, 0) is 45.4 Å². The average Bonchev–Trinajstić information content (AvgIpc) is 3.03. The summed E-state index contributed by atoms with van der Waals surface area (Å²) in [6, 6.07) is 3.72. The molecule has 0 aliphatic rings. The molecule has 2 heterocycles. The molecule has 112 valence electrons. The van der Waals surface area contributed by atoms with Crippen LogP contribution < -0.4 is 0 Å². The number of ketones is 2. The summed E-state index contributed by atoms with van der Waals surface area (Å²) in [5.41, 5.74) is 2.67. The second-order valence-electron chi connectivity index (χ2n) is 5.08. The Labute approximate surface area is 128 Å². The summed E-state index contributed by atoms with van der Waals surface area (Å²) in [6.45, 7) is 7.03. The van der Waals surface area contributed by atoms with Crippen molar-refractivity contribution in [3.05, 3.63) is 46.7 Å². The summed E-state index contributed by atoms with van der Waals surface area (Å²) < 4.78 is 5.26. The van der Waals surface area contributed by atoms with Gasteiger partial charge in [0.15, 0.2) is 11.6 Å². The van der Waals surface area contributed by atoms with Gasteiger partial charge >= 0.3 is 0 Å². The largest absolute Gasteiger partial charge is 0.468 e. The topological polar surface area (TPSA) is 63.1 Å². The maximum atomic E-state index is 12.5. The zero-order valence-corrected chi connectivity index (χ0v) is 13.5. The van der Waals surface area contributed by atoms with Gasteiger partial charge < -0.3 is 9.40 Å². The van der Waals surface area contributed by atoms with Crippen LogP contribution in [0, 0.1) is 13.8 Å². The van der Waals surface area contributed by atoms with Gasteiger partial charge in [0.25, 0.3) is 0 Å². The number of H-pyrrole nitrogens is 1. The van der Waals surface area contributed by atoms with Crippen LogP contribution in [0.25, 0.3) is 0 Å². The average molecular weight is 305 g/mol. The van der Waals surface area contributed by atoms with Crippen LogP contribution in [0.4, 0.5) is 0 Å². The molecule has 0 aliphatic carbocycles. The predicted molar refractivity (Wildman–Crippen MR) is 84.1 cm³/mol. The Morgan fingerprint density at radius 2 is 2.10 bits per heavy atom. The molecular formula is C16H19NO3S. The van der Waals surface area contributed by atoms with E-state index in [1.54, 1.807) is 6.26 Å². The van der Waals surface area contributed by atoms with Crippen molar-refractivity contribution in [1.82, 2.24) is 4.98 Å². The Hall–Kier alpha value is -1.75. The lowest BCUT2D eigenvalue weighted by Gasteiger charge is -2.09. The Bertz CT molecular complexity index is 655. The van der Waals surface area contributed by atoms with Crippen molar-refractivity contribution in [1.29, 1.82) is 0 Å². The SMILES string of the molecule is CC(=O)c1c(C)[nH]c(C(=O)[C@@H](C)SCc2ccco2)c1C. The highest BCUT2D eigenvalue weighted by molar-refractivity contribution is 7.99. The van der Waals surface area contributed by atoms with Crippen molar-refractivity contribution in [3.63, 3.8) is 0 Å². The molecule has 4 nitrogen and oxygen atoms in total. The van der Waals surface area contributed by atoms with Crippen molar-refractivity contribution in [2.24, 2.45) is 0 Å². The molecule has 1 atom stereocenters. The molecule has 0 saturated heterocycles. The Morgan fingerprint density at radius 3 is 2.62 bits per heavy atom. The number of hydrogen-bond donors (Lipinski definition) is 1. The minimum atomic E-state index is -0.202. The number of nitrogens with one attached hydrogen (secondary N) is 1. The number of hydrogen-bond acceptors (Lipinski definition) is 4. The minimum absolute atomic E-state index is 0.0136. The van der Waals surface area contributed by atoms with E-state index in [1.807, 2.05) is 32.9 Å². The highest BCUT2D eigenvalue weighted by Crippen LogP contribution is 2.25. The summed E-state index contributed by atoms with van der Waals surface area (Å²) in [5.74, 6) is 1.50. The number of aromatic amines is 1. The normalized spacial score (nSPS) is 12.4. The molecule has 0 aromatic carbocycles. The van der Waals surface area contributed by atoms with Gasteiger partial charge in [-0.25, -0.2) is 0 Å². The Kier molecular flexibility index (Phi) is 4.73. The molecular weight excluding hydrogens is 286 g/mol. The van der Waals surface area contributed by atoms with E-state index in [0.29, 0.717) is 17.0 Å². The molecule has 21 heavy (non-hydrogen) atoms. The summed E-state index contributed by atoms with van der Waals surface area (Å²) in [4.78, 5) is 27.2. The number of aryl methyl sites for hydroxylation is 1. The monoisotopic (exact) mass is 305 g/mol. The molecule has 0 saturated carbocycles. The molecule has 0 bridgehead atoms. The smallest absolute Gasteiger partial charge is 0.191 e.